The number of nitriles is 1. The first-order valence-corrected chi connectivity index (χ1v) is 7.34. The summed E-state index contributed by atoms with van der Waals surface area (Å²) in [6.45, 7) is 4.00. The first-order chi connectivity index (χ1) is 10.1. The van der Waals surface area contributed by atoms with Gasteiger partial charge in [0.1, 0.15) is 11.5 Å². The summed E-state index contributed by atoms with van der Waals surface area (Å²) in [5, 5.41) is 20.9. The minimum absolute atomic E-state index is 0.678. The van der Waals surface area contributed by atoms with Crippen LogP contribution in [0.1, 0.15) is 40.3 Å². The quantitative estimate of drug-likeness (QED) is 0.908. The van der Waals surface area contributed by atoms with Crippen LogP contribution in [0, 0.1) is 25.2 Å². The number of rotatable bonds is 2. The number of aliphatic hydroxyl groups is 1. The lowest BCUT2D eigenvalue weighted by molar-refractivity contribution is 0.109. The van der Waals surface area contributed by atoms with Crippen LogP contribution in [0.2, 0.25) is 0 Å². The van der Waals surface area contributed by atoms with Gasteiger partial charge in [-0.15, -0.1) is 0 Å². The summed E-state index contributed by atoms with van der Waals surface area (Å²) in [6, 6.07) is 16.4. The number of hydrogen-bond donors (Lipinski definition) is 1. The van der Waals surface area contributed by atoms with E-state index in [0.717, 1.165) is 28.7 Å². The minimum Gasteiger partial charge on any atom is -0.386 e. The zero-order chi connectivity index (χ0) is 15.0. The van der Waals surface area contributed by atoms with Crippen LogP contribution in [0.4, 0.5) is 0 Å². The van der Waals surface area contributed by atoms with E-state index in [1.54, 1.807) is 0 Å². The van der Waals surface area contributed by atoms with Gasteiger partial charge in [-0.3, -0.25) is 0 Å². The van der Waals surface area contributed by atoms with Crippen LogP contribution < -0.4 is 0 Å². The molecule has 0 fully saturated rings. The summed E-state index contributed by atoms with van der Waals surface area (Å²) in [7, 11) is 0. The van der Waals surface area contributed by atoms with Crippen molar-refractivity contribution in [3.63, 3.8) is 0 Å². The van der Waals surface area contributed by atoms with Gasteiger partial charge in [0.25, 0.3) is 0 Å². The van der Waals surface area contributed by atoms with Crippen molar-refractivity contribution in [2.75, 3.05) is 0 Å². The van der Waals surface area contributed by atoms with Crippen LogP contribution >= 0.6 is 0 Å². The van der Waals surface area contributed by atoms with Crippen LogP contribution in [0.5, 0.6) is 0 Å². The van der Waals surface area contributed by atoms with Gasteiger partial charge in [0.15, 0.2) is 0 Å². The smallest absolute Gasteiger partial charge is 0.113 e. The van der Waals surface area contributed by atoms with Crippen LogP contribution in [0.15, 0.2) is 42.5 Å². The molecule has 0 saturated heterocycles. The molecule has 2 atom stereocenters. The van der Waals surface area contributed by atoms with Gasteiger partial charge in [0.2, 0.25) is 0 Å². The van der Waals surface area contributed by atoms with E-state index in [1.165, 1.54) is 5.56 Å². The highest BCUT2D eigenvalue weighted by Crippen LogP contribution is 2.48. The molecule has 21 heavy (non-hydrogen) atoms. The molecule has 1 aliphatic rings. The first-order valence-electron chi connectivity index (χ1n) is 7.34. The van der Waals surface area contributed by atoms with Gasteiger partial charge in [-0.1, -0.05) is 42.5 Å². The Labute approximate surface area is 125 Å². The van der Waals surface area contributed by atoms with E-state index in [9.17, 15) is 10.4 Å². The number of benzene rings is 2. The molecule has 3 rings (SSSR count). The number of aliphatic hydroxyl groups excluding tert-OH is 1. The van der Waals surface area contributed by atoms with Crippen molar-refractivity contribution in [1.29, 1.82) is 5.26 Å². The van der Waals surface area contributed by atoms with Gasteiger partial charge < -0.3 is 5.11 Å². The largest absolute Gasteiger partial charge is 0.386 e. The molecule has 0 spiro atoms. The van der Waals surface area contributed by atoms with Crippen LogP contribution in [0.3, 0.4) is 0 Å². The molecule has 0 bridgehead atoms. The second-order valence-electron chi connectivity index (χ2n) is 5.95. The summed E-state index contributed by atoms with van der Waals surface area (Å²) >= 11 is 0. The summed E-state index contributed by atoms with van der Waals surface area (Å²) < 4.78 is 0. The van der Waals surface area contributed by atoms with E-state index in [4.69, 9.17) is 0 Å². The molecule has 2 nitrogen and oxygen atoms in total. The van der Waals surface area contributed by atoms with Crippen molar-refractivity contribution in [3.8, 4) is 6.07 Å². The lowest BCUT2D eigenvalue weighted by Crippen LogP contribution is -2.30. The van der Waals surface area contributed by atoms with Gasteiger partial charge in [-0.2, -0.15) is 5.26 Å². The molecule has 2 aromatic carbocycles. The lowest BCUT2D eigenvalue weighted by Gasteiger charge is -2.30. The Hall–Kier alpha value is -2.11. The standard InChI is InChI=1S/C19H19NO/c1-13-6-5-7-14(2)17(13)18(21)19(12-20)11-10-15-8-3-4-9-16(15)19/h3-9,18,21H,10-11H2,1-2H3. The molecule has 0 radical (unpaired) electrons. The second-order valence-corrected chi connectivity index (χ2v) is 5.95. The topological polar surface area (TPSA) is 44.0 Å². The zero-order valence-electron chi connectivity index (χ0n) is 12.4. The Morgan fingerprint density at radius 3 is 2.43 bits per heavy atom. The first kappa shape index (κ1) is 13.9. The fraction of sp³-hybridized carbons (Fsp3) is 0.316. The van der Waals surface area contributed by atoms with E-state index in [-0.39, 0.29) is 0 Å². The van der Waals surface area contributed by atoms with E-state index in [2.05, 4.69) is 12.1 Å². The monoisotopic (exact) mass is 277 g/mol. The summed E-state index contributed by atoms with van der Waals surface area (Å²) in [4.78, 5) is 0. The summed E-state index contributed by atoms with van der Waals surface area (Å²) in [5.74, 6) is 0. The molecule has 0 aromatic heterocycles. The second kappa shape index (κ2) is 5.02. The maximum absolute atomic E-state index is 11.1. The lowest BCUT2D eigenvalue weighted by atomic mass is 9.73. The number of hydrogen-bond acceptors (Lipinski definition) is 2. The Kier molecular flexibility index (Phi) is 3.31. The van der Waals surface area contributed by atoms with Gasteiger partial charge in [-0.25, -0.2) is 0 Å². The molecule has 0 amide bonds. The van der Waals surface area contributed by atoms with Crippen LogP contribution in [0.25, 0.3) is 0 Å². The molecule has 2 unspecified atom stereocenters. The fourth-order valence-electron chi connectivity index (χ4n) is 3.61. The molecule has 0 saturated carbocycles. The van der Waals surface area contributed by atoms with E-state index < -0.39 is 11.5 Å². The number of aryl methyl sites for hydroxylation is 3. The van der Waals surface area contributed by atoms with Crippen molar-refractivity contribution in [3.05, 3.63) is 70.3 Å². The number of nitrogens with zero attached hydrogens (tertiary/aromatic N) is 1. The Morgan fingerprint density at radius 2 is 1.76 bits per heavy atom. The predicted octanol–water partition coefficient (Wildman–Crippen LogP) is 3.74. The Balaban J connectivity index is 2.17. The third-order valence-corrected chi connectivity index (χ3v) is 4.77. The van der Waals surface area contributed by atoms with Crippen molar-refractivity contribution in [2.24, 2.45) is 0 Å². The third kappa shape index (κ3) is 1.97. The highest BCUT2D eigenvalue weighted by atomic mass is 16.3. The van der Waals surface area contributed by atoms with Gasteiger partial charge >= 0.3 is 0 Å². The van der Waals surface area contributed by atoms with E-state index >= 15 is 0 Å². The summed E-state index contributed by atoms with van der Waals surface area (Å²) in [5.41, 5.74) is 4.33. The van der Waals surface area contributed by atoms with Crippen molar-refractivity contribution < 1.29 is 5.11 Å². The van der Waals surface area contributed by atoms with Crippen LogP contribution in [-0.2, 0) is 11.8 Å². The molecule has 2 aromatic rings. The normalized spacial score (nSPS) is 21.6. The predicted molar refractivity (Wildman–Crippen MR) is 82.9 cm³/mol. The van der Waals surface area contributed by atoms with E-state index in [1.807, 2.05) is 50.2 Å². The van der Waals surface area contributed by atoms with Crippen LogP contribution in [-0.4, -0.2) is 5.11 Å². The maximum Gasteiger partial charge on any atom is 0.113 e. The van der Waals surface area contributed by atoms with Crippen molar-refractivity contribution in [1.82, 2.24) is 0 Å². The zero-order valence-corrected chi connectivity index (χ0v) is 12.4. The van der Waals surface area contributed by atoms with Crippen molar-refractivity contribution >= 4 is 0 Å². The average molecular weight is 277 g/mol. The Bertz CT molecular complexity index is 708. The minimum atomic E-state index is -0.826. The molecule has 1 aliphatic carbocycles. The fourth-order valence-corrected chi connectivity index (χ4v) is 3.61. The molecule has 1 N–H and O–H groups in total. The van der Waals surface area contributed by atoms with Gasteiger partial charge in [-0.05, 0) is 54.5 Å². The van der Waals surface area contributed by atoms with Gasteiger partial charge in [0.05, 0.1) is 6.07 Å². The average Bonchev–Trinajstić information content (AvgIpc) is 2.87. The molecule has 0 aliphatic heterocycles. The highest BCUT2D eigenvalue weighted by molar-refractivity contribution is 5.49. The maximum atomic E-state index is 11.1. The summed E-state index contributed by atoms with van der Waals surface area (Å²) in [6.07, 6.45) is 0.746. The molecular formula is C19H19NO. The SMILES string of the molecule is Cc1cccc(C)c1C(O)C1(C#N)CCc2ccccc21. The Morgan fingerprint density at radius 1 is 1.10 bits per heavy atom. The van der Waals surface area contributed by atoms with Crippen molar-refractivity contribution in [2.45, 2.75) is 38.2 Å². The molecular weight excluding hydrogens is 258 g/mol. The highest BCUT2D eigenvalue weighted by Gasteiger charge is 2.46. The third-order valence-electron chi connectivity index (χ3n) is 4.77. The number of fused-ring (bicyclic) bond motifs is 1. The molecule has 2 heteroatoms. The van der Waals surface area contributed by atoms with Gasteiger partial charge in [0, 0.05) is 0 Å². The molecule has 106 valence electrons. The molecule has 0 heterocycles. The van der Waals surface area contributed by atoms with E-state index in [0.29, 0.717) is 6.42 Å².